The molecule has 4 aliphatic heterocycles. The highest BCUT2D eigenvalue weighted by atomic mass is 32.2. The third kappa shape index (κ3) is 2.72. The van der Waals surface area contributed by atoms with Crippen LogP contribution in [0.3, 0.4) is 0 Å². The Kier molecular flexibility index (Phi) is 4.21. The molecular formula is C26H24N2O4S. The van der Waals surface area contributed by atoms with Crippen LogP contribution < -0.4 is 9.64 Å². The monoisotopic (exact) mass is 460 g/mol. The second-order valence-electron chi connectivity index (χ2n) is 9.16. The van der Waals surface area contributed by atoms with Gasteiger partial charge in [0, 0.05) is 5.92 Å². The number of hydrogen-bond acceptors (Lipinski definition) is 5. The van der Waals surface area contributed by atoms with Gasteiger partial charge >= 0.3 is 0 Å². The van der Waals surface area contributed by atoms with Crippen LogP contribution in [-0.2, 0) is 14.8 Å². The summed E-state index contributed by atoms with van der Waals surface area (Å²) in [6.07, 6.45) is -0.189. The molecule has 0 aliphatic carbocycles. The summed E-state index contributed by atoms with van der Waals surface area (Å²) in [5.41, 5.74) is 1.83. The molecule has 4 heterocycles. The van der Waals surface area contributed by atoms with Crippen LogP contribution in [-0.4, -0.2) is 30.5 Å². The second-order valence-corrected chi connectivity index (χ2v) is 11.0. The number of amides is 1. The number of piperidine rings is 2. The van der Waals surface area contributed by atoms with Gasteiger partial charge in [0.2, 0.25) is 5.91 Å². The summed E-state index contributed by atoms with van der Waals surface area (Å²) in [6, 6.07) is 24.1. The van der Waals surface area contributed by atoms with Crippen molar-refractivity contribution in [3.05, 3.63) is 90.0 Å². The number of ether oxygens (including phenoxy) is 1. The molecule has 1 amide bonds. The summed E-state index contributed by atoms with van der Waals surface area (Å²) in [5.74, 6) is -0.570. The largest absolute Gasteiger partial charge is 0.465 e. The van der Waals surface area contributed by atoms with Gasteiger partial charge in [-0.15, -0.1) is 0 Å². The third-order valence-electron chi connectivity index (χ3n) is 7.22. The van der Waals surface area contributed by atoms with Gasteiger partial charge in [-0.05, 0) is 50.1 Å². The van der Waals surface area contributed by atoms with Gasteiger partial charge in [-0.1, -0.05) is 60.2 Å². The van der Waals surface area contributed by atoms with Crippen LogP contribution in [0.25, 0.3) is 0 Å². The van der Waals surface area contributed by atoms with E-state index in [1.807, 2.05) is 73.3 Å². The Morgan fingerprint density at radius 3 is 2.33 bits per heavy atom. The molecule has 0 unspecified atom stereocenters. The summed E-state index contributed by atoms with van der Waals surface area (Å²) in [4.78, 5) is 16.1. The maximum atomic E-state index is 14.0. The zero-order valence-electron chi connectivity index (χ0n) is 18.4. The van der Waals surface area contributed by atoms with Crippen LogP contribution in [0.5, 0.6) is 5.75 Å². The first kappa shape index (κ1) is 20.3. The van der Waals surface area contributed by atoms with E-state index in [9.17, 15) is 13.2 Å². The number of nitrogens with zero attached hydrogens (tertiary/aromatic N) is 2. The minimum atomic E-state index is -4.05. The van der Waals surface area contributed by atoms with Gasteiger partial charge in [-0.3, -0.25) is 4.79 Å². The topological polar surface area (TPSA) is 66.9 Å². The molecule has 3 aromatic rings. The fraction of sp³-hybridized carbons (Fsp3) is 0.269. The highest BCUT2D eigenvalue weighted by Gasteiger charge is 2.68. The number of carbonyl (C=O) groups is 1. The molecule has 0 N–H and O–H groups in total. The van der Waals surface area contributed by atoms with Crippen LogP contribution in [0.2, 0.25) is 0 Å². The molecule has 0 saturated carbocycles. The summed E-state index contributed by atoms with van der Waals surface area (Å²) < 4.78 is 35.1. The number of rotatable bonds is 3. The molecule has 168 valence electrons. The van der Waals surface area contributed by atoms with E-state index in [1.54, 1.807) is 24.3 Å². The summed E-state index contributed by atoms with van der Waals surface area (Å²) >= 11 is 0. The normalized spacial score (nSPS) is 27.8. The Morgan fingerprint density at radius 1 is 0.939 bits per heavy atom. The van der Waals surface area contributed by atoms with Gasteiger partial charge in [0.25, 0.3) is 10.0 Å². The van der Waals surface area contributed by atoms with Crippen molar-refractivity contribution >= 4 is 21.6 Å². The van der Waals surface area contributed by atoms with E-state index >= 15 is 0 Å². The van der Waals surface area contributed by atoms with Gasteiger partial charge < -0.3 is 9.64 Å². The third-order valence-corrected chi connectivity index (χ3v) is 9.03. The minimum absolute atomic E-state index is 0.125. The lowest BCUT2D eigenvalue weighted by Crippen LogP contribution is -2.76. The SMILES string of the molecule is Cc1ccc(S(=O)(=O)N2C(=O)[C@@H]3[C@@H](c4ccccc4)C[C@H]2N2c4ccccc4O[C@]32C)cc1. The van der Waals surface area contributed by atoms with Crippen LogP contribution >= 0.6 is 0 Å². The number of fused-ring (bicyclic) bond motifs is 3. The van der Waals surface area contributed by atoms with E-state index in [4.69, 9.17) is 4.74 Å². The maximum absolute atomic E-state index is 14.0. The molecule has 6 nitrogen and oxygen atoms in total. The lowest BCUT2D eigenvalue weighted by molar-refractivity contribution is -0.155. The van der Waals surface area contributed by atoms with E-state index in [2.05, 4.69) is 0 Å². The molecule has 4 atom stereocenters. The predicted molar refractivity (Wildman–Crippen MR) is 124 cm³/mol. The molecule has 7 heteroatoms. The number of hydrogen-bond donors (Lipinski definition) is 0. The smallest absolute Gasteiger partial charge is 0.268 e. The van der Waals surface area contributed by atoms with Crippen LogP contribution in [0.4, 0.5) is 5.69 Å². The van der Waals surface area contributed by atoms with E-state index in [0.29, 0.717) is 12.2 Å². The van der Waals surface area contributed by atoms with Crippen molar-refractivity contribution in [3.63, 3.8) is 0 Å². The van der Waals surface area contributed by atoms with Gasteiger partial charge in [-0.25, -0.2) is 12.7 Å². The molecule has 3 fully saturated rings. The Bertz CT molecular complexity index is 1360. The summed E-state index contributed by atoms with van der Waals surface area (Å²) in [6.45, 7) is 3.81. The average Bonchev–Trinajstić information content (AvgIpc) is 3.13. The van der Waals surface area contributed by atoms with Crippen molar-refractivity contribution in [2.24, 2.45) is 5.92 Å². The molecule has 33 heavy (non-hydrogen) atoms. The van der Waals surface area contributed by atoms with Crippen LogP contribution in [0, 0.1) is 12.8 Å². The zero-order valence-corrected chi connectivity index (χ0v) is 19.2. The quantitative estimate of drug-likeness (QED) is 0.584. The Balaban J connectivity index is 1.53. The fourth-order valence-corrected chi connectivity index (χ4v) is 7.34. The summed E-state index contributed by atoms with van der Waals surface area (Å²) in [7, 11) is -4.05. The van der Waals surface area contributed by atoms with Crippen LogP contribution in [0.1, 0.15) is 30.4 Å². The summed E-state index contributed by atoms with van der Waals surface area (Å²) in [5, 5.41) is 0. The molecule has 7 rings (SSSR count). The van der Waals surface area contributed by atoms with Crippen molar-refractivity contribution < 1.29 is 17.9 Å². The second kappa shape index (κ2) is 6.84. The van der Waals surface area contributed by atoms with E-state index in [-0.39, 0.29) is 10.8 Å². The zero-order chi connectivity index (χ0) is 23.0. The van der Waals surface area contributed by atoms with Crippen molar-refractivity contribution in [1.29, 1.82) is 0 Å². The van der Waals surface area contributed by atoms with Crippen LogP contribution in [0.15, 0.2) is 83.8 Å². The van der Waals surface area contributed by atoms with Gasteiger partial charge in [0.15, 0.2) is 5.72 Å². The predicted octanol–water partition coefficient (Wildman–Crippen LogP) is 4.27. The fourth-order valence-electron chi connectivity index (χ4n) is 5.78. The van der Waals surface area contributed by atoms with E-state index in [1.165, 1.54) is 0 Å². The molecule has 0 radical (unpaired) electrons. The maximum Gasteiger partial charge on any atom is 0.268 e. The van der Waals surface area contributed by atoms with E-state index < -0.39 is 33.7 Å². The number of aryl methyl sites for hydroxylation is 1. The number of sulfonamides is 1. The molecule has 4 aliphatic rings. The molecule has 3 saturated heterocycles. The van der Waals surface area contributed by atoms with E-state index in [0.717, 1.165) is 21.1 Å². The van der Waals surface area contributed by atoms with Gasteiger partial charge in [0.1, 0.15) is 17.8 Å². The lowest BCUT2D eigenvalue weighted by atomic mass is 9.70. The molecular weight excluding hydrogens is 436 g/mol. The van der Waals surface area contributed by atoms with Crippen molar-refractivity contribution in [3.8, 4) is 5.75 Å². The molecule has 0 aromatic heterocycles. The first-order chi connectivity index (χ1) is 15.8. The molecule has 0 spiro atoms. The standard InChI is InChI=1S/C26H24N2O4S/c1-17-12-14-19(15-13-17)33(30,31)28-23-16-20(18-8-4-3-5-9-18)24(25(28)29)26(2)27(23)21-10-6-7-11-22(21)32-26/h3-15,20,23-24H,16H2,1-2H3/t20-,23+,24+,26-/m1/s1. The lowest BCUT2D eigenvalue weighted by Gasteiger charge is -2.59. The number of para-hydroxylation sites is 2. The van der Waals surface area contributed by atoms with Crippen molar-refractivity contribution in [2.75, 3.05) is 4.90 Å². The highest BCUT2D eigenvalue weighted by molar-refractivity contribution is 7.89. The Hall–Kier alpha value is -3.32. The minimum Gasteiger partial charge on any atom is -0.465 e. The molecule has 2 bridgehead atoms. The number of benzene rings is 3. The molecule has 3 aromatic carbocycles. The van der Waals surface area contributed by atoms with Crippen molar-refractivity contribution in [2.45, 2.75) is 43.0 Å². The number of carbonyl (C=O) groups excluding carboxylic acids is 1. The van der Waals surface area contributed by atoms with Gasteiger partial charge in [0.05, 0.1) is 10.6 Å². The van der Waals surface area contributed by atoms with Gasteiger partial charge in [-0.2, -0.15) is 0 Å². The first-order valence-electron chi connectivity index (χ1n) is 11.1. The number of anilines is 1. The van der Waals surface area contributed by atoms with Crippen molar-refractivity contribution in [1.82, 2.24) is 4.31 Å². The average molecular weight is 461 g/mol. The highest BCUT2D eigenvalue weighted by Crippen LogP contribution is 2.59. The Morgan fingerprint density at radius 2 is 1.61 bits per heavy atom. The Labute approximate surface area is 193 Å². The first-order valence-corrected chi connectivity index (χ1v) is 12.5.